The number of rotatable bonds is 7. The van der Waals surface area contributed by atoms with Crippen LogP contribution < -0.4 is 4.74 Å². The first kappa shape index (κ1) is 23.6. The molecule has 3 rings (SSSR count). The summed E-state index contributed by atoms with van der Waals surface area (Å²) >= 11 is 4.16. The summed E-state index contributed by atoms with van der Waals surface area (Å²) in [5, 5.41) is 8.72. The van der Waals surface area contributed by atoms with Crippen molar-refractivity contribution in [2.75, 3.05) is 6.61 Å². The average molecular weight is 515 g/mol. The quantitative estimate of drug-likeness (QED) is 0.383. The van der Waals surface area contributed by atoms with Gasteiger partial charge < -0.3 is 9.47 Å². The lowest BCUT2D eigenvalue weighted by molar-refractivity contribution is -0.150. The third-order valence-corrected chi connectivity index (χ3v) is 5.99. The van der Waals surface area contributed by atoms with Gasteiger partial charge in [-0.15, -0.1) is 0 Å². The molecule has 7 nitrogen and oxygen atoms in total. The van der Waals surface area contributed by atoms with Crippen molar-refractivity contribution >= 4 is 50.9 Å². The Kier molecular flexibility index (Phi) is 7.72. The Hall–Kier alpha value is -3.09. The molecular formula is C23H19BrN2O5S. The maximum absolute atomic E-state index is 12.8. The van der Waals surface area contributed by atoms with E-state index in [0.717, 1.165) is 26.7 Å². The predicted molar refractivity (Wildman–Crippen MR) is 124 cm³/mol. The summed E-state index contributed by atoms with van der Waals surface area (Å²) in [6.45, 7) is 3.43. The molecule has 1 heterocycles. The molecule has 2 amide bonds. The number of esters is 1. The smallest absolute Gasteiger partial charge is 0.329 e. The van der Waals surface area contributed by atoms with Gasteiger partial charge in [0.05, 0.1) is 23.1 Å². The summed E-state index contributed by atoms with van der Waals surface area (Å²) in [6.07, 6.45) is 1.55. The maximum Gasteiger partial charge on any atom is 0.329 e. The number of halogens is 1. The van der Waals surface area contributed by atoms with E-state index in [1.165, 1.54) is 6.92 Å². The van der Waals surface area contributed by atoms with Gasteiger partial charge >= 0.3 is 5.97 Å². The first-order valence-corrected chi connectivity index (χ1v) is 11.3. The van der Waals surface area contributed by atoms with Crippen LogP contribution in [0.4, 0.5) is 4.79 Å². The molecule has 2 aromatic carbocycles. The molecule has 1 aliphatic heterocycles. The van der Waals surface area contributed by atoms with Crippen molar-refractivity contribution in [1.29, 1.82) is 5.26 Å². The van der Waals surface area contributed by atoms with Gasteiger partial charge in [-0.05, 0) is 56.0 Å². The molecule has 0 bridgehead atoms. The van der Waals surface area contributed by atoms with E-state index in [1.54, 1.807) is 49.4 Å². The van der Waals surface area contributed by atoms with Gasteiger partial charge in [-0.3, -0.25) is 14.5 Å². The van der Waals surface area contributed by atoms with E-state index in [-0.39, 0.29) is 18.1 Å². The molecule has 0 radical (unpaired) electrons. The van der Waals surface area contributed by atoms with Gasteiger partial charge in [-0.1, -0.05) is 34.1 Å². The van der Waals surface area contributed by atoms with Crippen LogP contribution in [-0.4, -0.2) is 34.7 Å². The van der Waals surface area contributed by atoms with Gasteiger partial charge in [0.1, 0.15) is 18.4 Å². The maximum atomic E-state index is 12.8. The third kappa shape index (κ3) is 5.21. The normalized spacial score (nSPS) is 15.6. The molecule has 9 heteroatoms. The third-order valence-electron chi connectivity index (χ3n) is 4.62. The zero-order valence-corrected chi connectivity index (χ0v) is 19.7. The lowest BCUT2D eigenvalue weighted by Crippen LogP contribution is -2.42. The Bertz CT molecular complexity index is 1140. The standard InChI is InChI=1S/C23H19BrN2O5S/c1-3-30-22(28)14(2)26-21(27)20(32-23(26)29)11-17-10-18(24)8-9-19(17)31-13-16-7-5-4-6-15(16)12-25/h4-11,14H,3,13H2,1-2H3/b20-11+/t14-/m1/s1. The highest BCUT2D eigenvalue weighted by Gasteiger charge is 2.41. The summed E-state index contributed by atoms with van der Waals surface area (Å²) in [6, 6.07) is 13.5. The highest BCUT2D eigenvalue weighted by molar-refractivity contribution is 9.10. The van der Waals surface area contributed by atoms with Crippen LogP contribution >= 0.6 is 27.7 Å². The van der Waals surface area contributed by atoms with Gasteiger partial charge in [0.15, 0.2) is 0 Å². The van der Waals surface area contributed by atoms with Crippen molar-refractivity contribution < 1.29 is 23.9 Å². The van der Waals surface area contributed by atoms with Crippen LogP contribution in [-0.2, 0) is 20.9 Å². The SMILES string of the molecule is CCOC(=O)[C@@H](C)N1C(=O)S/C(=C/c2cc(Br)ccc2OCc2ccccc2C#N)C1=O. The van der Waals surface area contributed by atoms with Gasteiger partial charge in [-0.2, -0.15) is 5.26 Å². The first-order valence-electron chi connectivity index (χ1n) is 9.69. The number of benzene rings is 2. The lowest BCUT2D eigenvalue weighted by Gasteiger charge is -2.19. The average Bonchev–Trinajstić information content (AvgIpc) is 3.05. The van der Waals surface area contributed by atoms with Crippen molar-refractivity contribution in [3.8, 4) is 11.8 Å². The summed E-state index contributed by atoms with van der Waals surface area (Å²) in [4.78, 5) is 38.3. The van der Waals surface area contributed by atoms with Crippen molar-refractivity contribution in [3.63, 3.8) is 0 Å². The van der Waals surface area contributed by atoms with Crippen LogP contribution in [0.2, 0.25) is 0 Å². The number of ether oxygens (including phenoxy) is 2. The molecule has 1 saturated heterocycles. The molecule has 0 spiro atoms. The molecule has 2 aromatic rings. The number of thioether (sulfide) groups is 1. The van der Waals surface area contributed by atoms with Crippen LogP contribution in [0.5, 0.6) is 5.75 Å². The van der Waals surface area contributed by atoms with Gasteiger partial charge in [0.2, 0.25) is 0 Å². The number of imide groups is 1. The Morgan fingerprint density at radius 3 is 2.75 bits per heavy atom. The molecule has 1 aliphatic rings. The molecule has 0 unspecified atom stereocenters. The highest BCUT2D eigenvalue weighted by Crippen LogP contribution is 2.36. The number of carbonyl (C=O) groups is 3. The molecule has 32 heavy (non-hydrogen) atoms. The van der Waals surface area contributed by atoms with Gasteiger partial charge in [0, 0.05) is 15.6 Å². The Morgan fingerprint density at radius 2 is 2.03 bits per heavy atom. The molecule has 1 atom stereocenters. The van der Waals surface area contributed by atoms with E-state index < -0.39 is 23.2 Å². The highest BCUT2D eigenvalue weighted by atomic mass is 79.9. The summed E-state index contributed by atoms with van der Waals surface area (Å²) in [7, 11) is 0. The Balaban J connectivity index is 1.86. The van der Waals surface area contributed by atoms with Crippen LogP contribution in [0.25, 0.3) is 6.08 Å². The largest absolute Gasteiger partial charge is 0.488 e. The van der Waals surface area contributed by atoms with E-state index in [4.69, 9.17) is 9.47 Å². The number of amides is 2. The second-order valence-corrected chi connectivity index (χ2v) is 8.63. The molecule has 0 saturated carbocycles. The molecular weight excluding hydrogens is 496 g/mol. The van der Waals surface area contributed by atoms with Crippen LogP contribution in [0.3, 0.4) is 0 Å². The lowest BCUT2D eigenvalue weighted by atomic mass is 10.1. The second kappa shape index (κ2) is 10.5. The number of nitriles is 1. The first-order chi connectivity index (χ1) is 15.3. The zero-order chi connectivity index (χ0) is 23.3. The summed E-state index contributed by atoms with van der Waals surface area (Å²) in [5.41, 5.74) is 1.82. The van der Waals surface area contributed by atoms with Gasteiger partial charge in [-0.25, -0.2) is 4.79 Å². The van der Waals surface area contributed by atoms with E-state index >= 15 is 0 Å². The summed E-state index contributed by atoms with van der Waals surface area (Å²) in [5.74, 6) is -0.730. The fourth-order valence-corrected chi connectivity index (χ4v) is 4.28. The molecule has 0 aromatic heterocycles. The van der Waals surface area contributed by atoms with Crippen LogP contribution in [0.15, 0.2) is 51.8 Å². The Morgan fingerprint density at radius 1 is 1.28 bits per heavy atom. The fourth-order valence-electron chi connectivity index (χ4n) is 3.00. The number of carbonyl (C=O) groups excluding carboxylic acids is 3. The zero-order valence-electron chi connectivity index (χ0n) is 17.3. The molecule has 1 fully saturated rings. The van der Waals surface area contributed by atoms with Crippen LogP contribution in [0.1, 0.15) is 30.5 Å². The Labute approximate surface area is 198 Å². The van der Waals surface area contributed by atoms with Crippen molar-refractivity contribution in [2.45, 2.75) is 26.5 Å². The van der Waals surface area contributed by atoms with Gasteiger partial charge in [0.25, 0.3) is 11.1 Å². The monoisotopic (exact) mass is 514 g/mol. The fraction of sp³-hybridized carbons (Fsp3) is 0.217. The number of hydrogen-bond donors (Lipinski definition) is 0. The van der Waals surface area contributed by atoms with E-state index in [0.29, 0.717) is 16.9 Å². The van der Waals surface area contributed by atoms with Crippen molar-refractivity contribution in [1.82, 2.24) is 4.90 Å². The van der Waals surface area contributed by atoms with E-state index in [2.05, 4.69) is 22.0 Å². The molecule has 164 valence electrons. The number of hydrogen-bond acceptors (Lipinski definition) is 7. The van der Waals surface area contributed by atoms with E-state index in [1.807, 2.05) is 6.07 Å². The second-order valence-electron chi connectivity index (χ2n) is 6.72. The molecule has 0 N–H and O–H groups in total. The minimum atomic E-state index is -1.02. The van der Waals surface area contributed by atoms with Crippen molar-refractivity contribution in [3.05, 3.63) is 68.5 Å². The molecule has 0 aliphatic carbocycles. The predicted octanol–water partition coefficient (Wildman–Crippen LogP) is 4.89. The van der Waals surface area contributed by atoms with E-state index in [9.17, 15) is 19.6 Å². The minimum absolute atomic E-state index is 0.156. The van der Waals surface area contributed by atoms with Crippen LogP contribution in [0, 0.1) is 11.3 Å². The topological polar surface area (TPSA) is 96.7 Å². The summed E-state index contributed by atoms with van der Waals surface area (Å²) < 4.78 is 11.6. The number of nitrogens with zero attached hydrogens (tertiary/aromatic N) is 2. The minimum Gasteiger partial charge on any atom is -0.488 e. The van der Waals surface area contributed by atoms with Crippen molar-refractivity contribution in [2.24, 2.45) is 0 Å².